The van der Waals surface area contributed by atoms with Gasteiger partial charge in [-0.1, -0.05) is 15.9 Å². The first-order valence-corrected chi connectivity index (χ1v) is 9.79. The first kappa shape index (κ1) is 17.7. The van der Waals surface area contributed by atoms with Crippen molar-refractivity contribution in [2.45, 2.75) is 19.4 Å². The quantitative estimate of drug-likeness (QED) is 0.822. The number of ether oxygens (including phenoxy) is 1. The molecule has 7 heteroatoms. The number of nitrogens with one attached hydrogen (secondary N) is 1. The van der Waals surface area contributed by atoms with Gasteiger partial charge in [-0.05, 0) is 31.0 Å². The Balaban J connectivity index is 1.58. The number of carbonyl (C=O) groups is 1. The smallest absolute Gasteiger partial charge is 0.256 e. The Morgan fingerprint density at radius 1 is 1.35 bits per heavy atom. The van der Waals surface area contributed by atoms with Gasteiger partial charge in [0, 0.05) is 48.3 Å². The van der Waals surface area contributed by atoms with Crippen LogP contribution in [0.15, 0.2) is 27.6 Å². The van der Waals surface area contributed by atoms with Crippen molar-refractivity contribution in [3.05, 3.63) is 44.2 Å². The summed E-state index contributed by atoms with van der Waals surface area (Å²) in [5.41, 5.74) is 2.13. The number of rotatable bonds is 4. The zero-order chi connectivity index (χ0) is 18.3. The summed E-state index contributed by atoms with van der Waals surface area (Å²) in [5.74, 6) is -0.297. The van der Waals surface area contributed by atoms with Gasteiger partial charge in [0.2, 0.25) is 5.43 Å². The van der Waals surface area contributed by atoms with Gasteiger partial charge in [0.05, 0.1) is 18.7 Å². The highest BCUT2D eigenvalue weighted by Gasteiger charge is 2.25. The molecule has 1 N–H and O–H groups in total. The average Bonchev–Trinajstić information content (AvgIpc) is 2.94. The SMILES string of the molecule is C[C@H]1Cc2cc(Br)cc3c(=O)c(C(=O)NCCN4CCOCC4)cn1c23. The van der Waals surface area contributed by atoms with Gasteiger partial charge < -0.3 is 14.6 Å². The molecule has 1 fully saturated rings. The Morgan fingerprint density at radius 3 is 2.88 bits per heavy atom. The summed E-state index contributed by atoms with van der Waals surface area (Å²) >= 11 is 3.48. The molecule has 2 aliphatic heterocycles. The number of carbonyl (C=O) groups excluding carboxylic acids is 1. The molecule has 0 spiro atoms. The van der Waals surface area contributed by atoms with Crippen LogP contribution in [0.5, 0.6) is 0 Å². The fourth-order valence-corrected chi connectivity index (χ4v) is 4.38. The molecule has 0 bridgehead atoms. The largest absolute Gasteiger partial charge is 0.379 e. The minimum Gasteiger partial charge on any atom is -0.379 e. The Bertz CT molecular complexity index is 918. The van der Waals surface area contributed by atoms with Crippen LogP contribution in [0.4, 0.5) is 0 Å². The van der Waals surface area contributed by atoms with Gasteiger partial charge in [-0.15, -0.1) is 0 Å². The second-order valence-electron chi connectivity index (χ2n) is 7.00. The third-order valence-corrected chi connectivity index (χ3v) is 5.68. The molecule has 1 aromatic heterocycles. The number of morpholine rings is 1. The van der Waals surface area contributed by atoms with Crippen LogP contribution in [0.25, 0.3) is 10.9 Å². The molecule has 0 radical (unpaired) electrons. The molecule has 1 saturated heterocycles. The summed E-state index contributed by atoms with van der Waals surface area (Å²) < 4.78 is 8.27. The molecular formula is C19H22BrN3O3. The monoisotopic (exact) mass is 419 g/mol. The van der Waals surface area contributed by atoms with Crippen molar-refractivity contribution in [2.75, 3.05) is 39.4 Å². The first-order chi connectivity index (χ1) is 12.5. The van der Waals surface area contributed by atoms with Crippen molar-refractivity contribution in [1.82, 2.24) is 14.8 Å². The summed E-state index contributed by atoms with van der Waals surface area (Å²) in [6.45, 7) is 6.63. The predicted molar refractivity (Wildman–Crippen MR) is 104 cm³/mol. The minimum atomic E-state index is -0.297. The van der Waals surface area contributed by atoms with Gasteiger partial charge in [0.15, 0.2) is 0 Å². The van der Waals surface area contributed by atoms with E-state index in [9.17, 15) is 9.59 Å². The van der Waals surface area contributed by atoms with E-state index in [1.54, 1.807) is 6.20 Å². The number of halogens is 1. The van der Waals surface area contributed by atoms with Crippen LogP contribution in [0.1, 0.15) is 28.9 Å². The maximum absolute atomic E-state index is 12.9. The number of amides is 1. The van der Waals surface area contributed by atoms with E-state index < -0.39 is 0 Å². The molecule has 0 aliphatic carbocycles. The molecule has 3 heterocycles. The Morgan fingerprint density at radius 2 is 2.12 bits per heavy atom. The van der Waals surface area contributed by atoms with E-state index in [1.807, 2.05) is 6.07 Å². The number of nitrogens with zero attached hydrogens (tertiary/aromatic N) is 2. The molecule has 2 aromatic rings. The number of hydrogen-bond acceptors (Lipinski definition) is 4. The standard InChI is InChI=1S/C19H22BrN3O3/c1-12-8-13-9-14(20)10-15-17(13)23(12)11-16(18(15)24)19(25)21-2-3-22-4-6-26-7-5-22/h9-12H,2-8H2,1H3,(H,21,25)/t12-/m0/s1. The van der Waals surface area contributed by atoms with E-state index in [0.717, 1.165) is 54.8 Å². The summed E-state index contributed by atoms with van der Waals surface area (Å²) in [7, 11) is 0. The maximum Gasteiger partial charge on any atom is 0.256 e. The zero-order valence-corrected chi connectivity index (χ0v) is 16.3. The summed E-state index contributed by atoms with van der Waals surface area (Å²) in [5, 5.41) is 3.51. The highest BCUT2D eigenvalue weighted by Crippen LogP contribution is 2.33. The summed E-state index contributed by atoms with van der Waals surface area (Å²) in [4.78, 5) is 27.8. The third-order valence-electron chi connectivity index (χ3n) is 5.22. The molecule has 6 nitrogen and oxygen atoms in total. The molecular weight excluding hydrogens is 398 g/mol. The minimum absolute atomic E-state index is 0.197. The van der Waals surface area contributed by atoms with E-state index in [1.165, 1.54) is 0 Å². The Hall–Kier alpha value is -1.70. The summed E-state index contributed by atoms with van der Waals surface area (Å²) in [6.07, 6.45) is 2.60. The van der Waals surface area contributed by atoms with Crippen LogP contribution in [0.3, 0.4) is 0 Å². The average molecular weight is 420 g/mol. The molecule has 138 valence electrons. The van der Waals surface area contributed by atoms with Crippen LogP contribution in [0, 0.1) is 0 Å². The van der Waals surface area contributed by atoms with Crippen LogP contribution in [-0.2, 0) is 11.2 Å². The van der Waals surface area contributed by atoms with Crippen LogP contribution in [0.2, 0.25) is 0 Å². The van der Waals surface area contributed by atoms with Crippen molar-refractivity contribution in [3.63, 3.8) is 0 Å². The van der Waals surface area contributed by atoms with Gasteiger partial charge >= 0.3 is 0 Å². The van der Waals surface area contributed by atoms with Crippen LogP contribution >= 0.6 is 15.9 Å². The normalized spacial score (nSPS) is 19.8. The molecule has 26 heavy (non-hydrogen) atoms. The van der Waals surface area contributed by atoms with Crippen LogP contribution in [-0.4, -0.2) is 54.8 Å². The predicted octanol–water partition coefficient (Wildman–Crippen LogP) is 1.94. The third kappa shape index (κ3) is 3.19. The molecule has 4 rings (SSSR count). The van der Waals surface area contributed by atoms with E-state index >= 15 is 0 Å². The maximum atomic E-state index is 12.9. The van der Waals surface area contributed by atoms with Crippen molar-refractivity contribution < 1.29 is 9.53 Å². The molecule has 0 unspecified atom stereocenters. The zero-order valence-electron chi connectivity index (χ0n) is 14.8. The lowest BCUT2D eigenvalue weighted by molar-refractivity contribution is 0.0383. The van der Waals surface area contributed by atoms with Gasteiger partial charge in [-0.3, -0.25) is 14.5 Å². The van der Waals surface area contributed by atoms with Crippen molar-refractivity contribution in [3.8, 4) is 0 Å². The fourth-order valence-electron chi connectivity index (χ4n) is 3.87. The number of hydrogen-bond donors (Lipinski definition) is 1. The Kier molecular flexibility index (Phi) is 4.86. The lowest BCUT2D eigenvalue weighted by Gasteiger charge is -2.26. The van der Waals surface area contributed by atoms with Crippen molar-refractivity contribution >= 4 is 32.7 Å². The molecule has 2 aliphatic rings. The second kappa shape index (κ2) is 7.13. The molecule has 1 amide bonds. The highest BCUT2D eigenvalue weighted by molar-refractivity contribution is 9.10. The summed E-state index contributed by atoms with van der Waals surface area (Å²) in [6, 6.07) is 4.12. The van der Waals surface area contributed by atoms with Crippen molar-refractivity contribution in [2.24, 2.45) is 0 Å². The lowest BCUT2D eigenvalue weighted by Crippen LogP contribution is -2.42. The number of benzene rings is 1. The van der Waals surface area contributed by atoms with Gasteiger partial charge in [-0.2, -0.15) is 0 Å². The molecule has 1 aromatic carbocycles. The van der Waals surface area contributed by atoms with E-state index in [0.29, 0.717) is 11.9 Å². The van der Waals surface area contributed by atoms with Crippen LogP contribution < -0.4 is 10.7 Å². The number of pyridine rings is 1. The lowest BCUT2D eigenvalue weighted by atomic mass is 10.1. The van der Waals surface area contributed by atoms with Gasteiger partial charge in [-0.25, -0.2) is 0 Å². The van der Waals surface area contributed by atoms with Gasteiger partial charge in [0.25, 0.3) is 5.91 Å². The van der Waals surface area contributed by atoms with E-state index in [2.05, 4.69) is 43.7 Å². The second-order valence-corrected chi connectivity index (χ2v) is 7.92. The topological polar surface area (TPSA) is 63.6 Å². The first-order valence-electron chi connectivity index (χ1n) is 9.00. The fraction of sp³-hybridized carbons (Fsp3) is 0.474. The number of aromatic nitrogens is 1. The molecule has 0 saturated carbocycles. The molecule has 1 atom stereocenters. The van der Waals surface area contributed by atoms with E-state index in [-0.39, 0.29) is 22.9 Å². The van der Waals surface area contributed by atoms with Crippen molar-refractivity contribution in [1.29, 1.82) is 0 Å². The highest BCUT2D eigenvalue weighted by atomic mass is 79.9. The Labute approximate surface area is 160 Å². The van der Waals surface area contributed by atoms with Gasteiger partial charge in [0.1, 0.15) is 5.56 Å². The van der Waals surface area contributed by atoms with E-state index in [4.69, 9.17) is 4.74 Å².